The third-order valence-corrected chi connectivity index (χ3v) is 3.71. The summed E-state index contributed by atoms with van der Waals surface area (Å²) in [4.78, 5) is 19.8. The van der Waals surface area contributed by atoms with Gasteiger partial charge in [0.1, 0.15) is 12.6 Å². The molecule has 1 aromatic heterocycles. The van der Waals surface area contributed by atoms with Gasteiger partial charge in [0.2, 0.25) is 0 Å². The number of alkyl halides is 1. The topological polar surface area (TPSA) is 122 Å². The van der Waals surface area contributed by atoms with Crippen molar-refractivity contribution in [3.63, 3.8) is 0 Å². The summed E-state index contributed by atoms with van der Waals surface area (Å²) >= 11 is 5.54. The monoisotopic (exact) mass is 422 g/mol. The second kappa shape index (κ2) is 10.7. The molecule has 27 heavy (non-hydrogen) atoms. The van der Waals surface area contributed by atoms with Gasteiger partial charge in [0.05, 0.1) is 5.88 Å². The van der Waals surface area contributed by atoms with Crippen LogP contribution in [0.15, 0.2) is 30.3 Å². The van der Waals surface area contributed by atoms with Crippen LogP contribution >= 0.6 is 11.6 Å². The van der Waals surface area contributed by atoms with Crippen LogP contribution in [0.5, 0.6) is 11.5 Å². The number of rotatable bonds is 7. The molecule has 0 spiro atoms. The normalized spacial score (nSPS) is 10.5. The van der Waals surface area contributed by atoms with Gasteiger partial charge in [0.25, 0.3) is 0 Å². The van der Waals surface area contributed by atoms with Crippen LogP contribution in [0.25, 0.3) is 4.72 Å². The predicted molar refractivity (Wildman–Crippen MR) is 96.1 cm³/mol. The Morgan fingerprint density at radius 2 is 1.78 bits per heavy atom. The summed E-state index contributed by atoms with van der Waals surface area (Å²) in [6.07, 6.45) is 0. The SMILES string of the molecule is Cc1cc(C)nc(NC(=O)[N-]S(=O)(=O)Oc2ccccc2OCCCl)n1.[Na+]. The standard InChI is InChI=1S/C15H17ClN4O5S.Na/c1-10-9-11(2)18-14(17-10)19-15(21)20-26(22,23)25-13-6-4-3-5-12(13)24-8-7-16;/h3-6,9H,7-8H2,1-2H3,(H2,17,18,19,20,21);/q;+1/p-1. The van der Waals surface area contributed by atoms with E-state index in [1.807, 2.05) is 0 Å². The maximum atomic E-state index is 12.0. The molecule has 0 bridgehead atoms. The van der Waals surface area contributed by atoms with Gasteiger partial charge in [-0.05, 0) is 32.0 Å². The van der Waals surface area contributed by atoms with Crippen LogP contribution in [0, 0.1) is 13.8 Å². The van der Waals surface area contributed by atoms with Crippen LogP contribution in [0.3, 0.4) is 0 Å². The van der Waals surface area contributed by atoms with E-state index in [2.05, 4.69) is 20.0 Å². The number of nitrogens with zero attached hydrogens (tertiary/aromatic N) is 3. The summed E-state index contributed by atoms with van der Waals surface area (Å²) in [6, 6.07) is 6.55. The van der Waals surface area contributed by atoms with Gasteiger partial charge in [0, 0.05) is 11.4 Å². The number of carbonyl (C=O) groups excluding carboxylic acids is 1. The number of para-hydroxylation sites is 2. The number of amides is 2. The van der Waals surface area contributed by atoms with E-state index in [1.165, 1.54) is 12.1 Å². The first-order valence-electron chi connectivity index (χ1n) is 7.37. The summed E-state index contributed by atoms with van der Waals surface area (Å²) in [5.41, 5.74) is 1.22. The predicted octanol–water partition coefficient (Wildman–Crippen LogP) is -0.0556. The van der Waals surface area contributed by atoms with E-state index in [4.69, 9.17) is 20.5 Å². The summed E-state index contributed by atoms with van der Waals surface area (Å²) < 4.78 is 37.1. The van der Waals surface area contributed by atoms with Crippen LogP contribution in [-0.4, -0.2) is 36.9 Å². The first-order chi connectivity index (χ1) is 12.3. The largest absolute Gasteiger partial charge is 1.00 e. The third-order valence-electron chi connectivity index (χ3n) is 2.77. The Labute approximate surface area is 184 Å². The van der Waals surface area contributed by atoms with E-state index < -0.39 is 16.3 Å². The van der Waals surface area contributed by atoms with Crippen molar-refractivity contribution >= 4 is 33.9 Å². The average molecular weight is 423 g/mol. The number of urea groups is 1. The molecule has 2 rings (SSSR count). The summed E-state index contributed by atoms with van der Waals surface area (Å²) in [6.45, 7) is 3.57. The van der Waals surface area contributed by atoms with Crippen LogP contribution in [0.4, 0.5) is 10.7 Å². The fraction of sp³-hybridized carbons (Fsp3) is 0.267. The number of benzene rings is 1. The van der Waals surface area contributed by atoms with Gasteiger partial charge in [0.15, 0.2) is 17.5 Å². The maximum absolute atomic E-state index is 12.0. The molecule has 0 aliphatic heterocycles. The molecule has 0 radical (unpaired) electrons. The first kappa shape index (κ1) is 23.4. The summed E-state index contributed by atoms with van der Waals surface area (Å²) in [5, 5.41) is 2.18. The number of ether oxygens (including phenoxy) is 1. The van der Waals surface area contributed by atoms with E-state index in [-0.39, 0.29) is 59.5 Å². The third kappa shape index (κ3) is 7.89. The minimum absolute atomic E-state index is 0. The van der Waals surface area contributed by atoms with Crippen molar-refractivity contribution in [3.8, 4) is 11.5 Å². The van der Waals surface area contributed by atoms with Crippen molar-refractivity contribution in [2.24, 2.45) is 0 Å². The van der Waals surface area contributed by atoms with Crippen LogP contribution in [0.1, 0.15) is 11.4 Å². The molecular weight excluding hydrogens is 407 g/mol. The second-order valence-electron chi connectivity index (χ2n) is 4.99. The van der Waals surface area contributed by atoms with Gasteiger partial charge in [-0.15, -0.1) is 11.6 Å². The van der Waals surface area contributed by atoms with Crippen molar-refractivity contribution < 1.29 is 51.7 Å². The Kier molecular flexibility index (Phi) is 9.27. The molecule has 12 heteroatoms. The smallest absolute Gasteiger partial charge is 0.488 e. The Hall–Kier alpha value is -1.59. The van der Waals surface area contributed by atoms with Gasteiger partial charge >= 0.3 is 39.9 Å². The van der Waals surface area contributed by atoms with E-state index in [1.54, 1.807) is 32.0 Å². The molecule has 0 atom stereocenters. The molecule has 0 aliphatic carbocycles. The molecule has 0 fully saturated rings. The molecule has 0 unspecified atom stereocenters. The van der Waals surface area contributed by atoms with E-state index in [9.17, 15) is 13.2 Å². The van der Waals surface area contributed by atoms with E-state index in [0.717, 1.165) is 0 Å². The van der Waals surface area contributed by atoms with Crippen molar-refractivity contribution in [2.75, 3.05) is 17.8 Å². The molecule has 2 amide bonds. The van der Waals surface area contributed by atoms with Crippen molar-refractivity contribution in [1.29, 1.82) is 0 Å². The second-order valence-corrected chi connectivity index (χ2v) is 6.57. The number of hydrogen-bond donors (Lipinski definition) is 1. The van der Waals surface area contributed by atoms with E-state index in [0.29, 0.717) is 11.4 Å². The minimum Gasteiger partial charge on any atom is -0.488 e. The molecule has 0 saturated carbocycles. The minimum atomic E-state index is -4.58. The van der Waals surface area contributed by atoms with Crippen molar-refractivity contribution in [1.82, 2.24) is 9.97 Å². The Bertz CT molecular complexity index is 877. The first-order valence-corrected chi connectivity index (χ1v) is 9.27. The van der Waals surface area contributed by atoms with Crippen LogP contribution in [0.2, 0.25) is 0 Å². The van der Waals surface area contributed by atoms with Crippen LogP contribution in [-0.2, 0) is 10.3 Å². The Morgan fingerprint density at radius 3 is 2.37 bits per heavy atom. The molecule has 1 aromatic carbocycles. The Balaban J connectivity index is 0.00000364. The Morgan fingerprint density at radius 1 is 1.19 bits per heavy atom. The number of aromatic nitrogens is 2. The van der Waals surface area contributed by atoms with Crippen molar-refractivity contribution in [2.45, 2.75) is 13.8 Å². The van der Waals surface area contributed by atoms with Crippen molar-refractivity contribution in [3.05, 3.63) is 46.4 Å². The zero-order valence-corrected chi connectivity index (χ0v) is 18.5. The molecule has 1 heterocycles. The number of aryl methyl sites for hydroxylation is 2. The summed E-state index contributed by atoms with van der Waals surface area (Å²) in [7, 11) is -4.58. The molecule has 1 N–H and O–H groups in total. The number of anilines is 1. The van der Waals surface area contributed by atoms with Gasteiger partial charge < -0.3 is 14.2 Å². The van der Waals surface area contributed by atoms with E-state index >= 15 is 0 Å². The van der Waals surface area contributed by atoms with Gasteiger partial charge in [-0.2, -0.15) is 8.42 Å². The van der Waals surface area contributed by atoms with Gasteiger partial charge in [-0.1, -0.05) is 12.1 Å². The summed E-state index contributed by atoms with van der Waals surface area (Å²) in [5.74, 6) is 0.197. The van der Waals surface area contributed by atoms with Crippen LogP contribution < -0.4 is 43.8 Å². The number of nitrogens with one attached hydrogen (secondary N) is 1. The maximum Gasteiger partial charge on any atom is 1.00 e. The van der Waals surface area contributed by atoms with Gasteiger partial charge in [-0.25, -0.2) is 9.97 Å². The zero-order valence-electron chi connectivity index (χ0n) is 15.0. The fourth-order valence-corrected chi connectivity index (χ4v) is 2.65. The molecular formula is C15H16ClN4NaO5S. The number of halogens is 1. The molecule has 2 aromatic rings. The zero-order chi connectivity index (χ0) is 19.2. The number of carbonyl (C=O) groups is 1. The average Bonchev–Trinajstić information content (AvgIpc) is 2.51. The fourth-order valence-electron chi connectivity index (χ4n) is 1.92. The molecule has 0 saturated heterocycles. The quantitative estimate of drug-likeness (QED) is 0.490. The van der Waals surface area contributed by atoms with Gasteiger partial charge in [-0.3, -0.25) is 9.52 Å². The molecule has 0 aliphatic rings. The molecule has 140 valence electrons. The number of hydrogen-bond acceptors (Lipinski definition) is 7. The molecule has 9 nitrogen and oxygen atoms in total.